The molecule has 2 rings (SSSR count). The second-order valence-electron chi connectivity index (χ2n) is 4.65. The number of ether oxygens (including phenoxy) is 1. The Balaban J connectivity index is 1.61. The van der Waals surface area contributed by atoms with Crippen molar-refractivity contribution in [3.8, 4) is 0 Å². The predicted octanol–water partition coefficient (Wildman–Crippen LogP) is 0.114. The molecule has 1 saturated heterocycles. The van der Waals surface area contributed by atoms with Crippen molar-refractivity contribution >= 4 is 11.8 Å². The van der Waals surface area contributed by atoms with Crippen LogP contribution in [0.3, 0.4) is 0 Å². The van der Waals surface area contributed by atoms with Gasteiger partial charge in [-0.1, -0.05) is 6.07 Å². The molecule has 6 heteroatoms. The third-order valence-electron chi connectivity index (χ3n) is 2.87. The van der Waals surface area contributed by atoms with Gasteiger partial charge in [0.15, 0.2) is 0 Å². The number of pyridine rings is 1. The summed E-state index contributed by atoms with van der Waals surface area (Å²) in [5.74, 6) is 0.932. The highest BCUT2D eigenvalue weighted by Gasteiger charge is 2.28. The molecule has 1 aromatic rings. The van der Waals surface area contributed by atoms with E-state index in [1.165, 1.54) is 0 Å². The molecule has 0 radical (unpaired) electrons. The van der Waals surface area contributed by atoms with Gasteiger partial charge in [0.05, 0.1) is 18.2 Å². The van der Waals surface area contributed by atoms with E-state index in [1.807, 2.05) is 18.2 Å². The molecular formula is C13H21N3O2S. The minimum absolute atomic E-state index is 0.389. The van der Waals surface area contributed by atoms with Crippen LogP contribution in [0.2, 0.25) is 0 Å². The molecule has 5 nitrogen and oxygen atoms in total. The first-order valence-corrected chi connectivity index (χ1v) is 7.52. The number of hydrogen-bond acceptors (Lipinski definition) is 6. The van der Waals surface area contributed by atoms with Gasteiger partial charge in [-0.25, -0.2) is 4.98 Å². The maximum absolute atomic E-state index is 10.3. The van der Waals surface area contributed by atoms with Gasteiger partial charge in [0.25, 0.3) is 0 Å². The number of nitrogens with one attached hydrogen (secondary N) is 2. The Morgan fingerprint density at radius 1 is 1.53 bits per heavy atom. The van der Waals surface area contributed by atoms with Crippen LogP contribution in [0.25, 0.3) is 0 Å². The second-order valence-corrected chi connectivity index (χ2v) is 5.76. The number of β-amino-alcohol motifs (C(OH)–C–C–N with tert-alkyl or cyclic N) is 1. The number of nitrogens with zero attached hydrogens (tertiary/aromatic N) is 1. The summed E-state index contributed by atoms with van der Waals surface area (Å²) in [6.45, 7) is 3.82. The molecule has 106 valence electrons. The summed E-state index contributed by atoms with van der Waals surface area (Å²) in [5, 5.41) is 17.8. The van der Waals surface area contributed by atoms with Gasteiger partial charge in [-0.05, 0) is 12.1 Å². The van der Waals surface area contributed by atoms with Crippen molar-refractivity contribution in [3.63, 3.8) is 0 Å². The Morgan fingerprint density at radius 3 is 3.32 bits per heavy atom. The van der Waals surface area contributed by atoms with Crippen LogP contribution in [0.5, 0.6) is 0 Å². The van der Waals surface area contributed by atoms with Gasteiger partial charge < -0.3 is 20.5 Å². The Bertz CT molecular complexity index is 356. The molecule has 19 heavy (non-hydrogen) atoms. The summed E-state index contributed by atoms with van der Waals surface area (Å²) in [7, 11) is 0. The maximum Gasteiger partial charge on any atom is 0.113 e. The molecule has 2 heterocycles. The van der Waals surface area contributed by atoms with Gasteiger partial charge >= 0.3 is 0 Å². The Labute approximate surface area is 118 Å². The summed E-state index contributed by atoms with van der Waals surface area (Å²) in [6.07, 6.45) is 1.80. The first-order valence-electron chi connectivity index (χ1n) is 6.54. The van der Waals surface area contributed by atoms with Crippen LogP contribution in [0.15, 0.2) is 29.4 Å². The molecule has 1 fully saturated rings. The normalized spacial score (nSPS) is 24.1. The minimum Gasteiger partial charge on any atom is -0.385 e. The van der Waals surface area contributed by atoms with Crippen LogP contribution in [0.4, 0.5) is 0 Å². The topological polar surface area (TPSA) is 66.4 Å². The van der Waals surface area contributed by atoms with Gasteiger partial charge in [-0.2, -0.15) is 0 Å². The zero-order valence-electron chi connectivity index (χ0n) is 11.0. The van der Waals surface area contributed by atoms with Gasteiger partial charge in [-0.3, -0.25) is 0 Å². The lowest BCUT2D eigenvalue weighted by molar-refractivity contribution is -0.0258. The first-order chi connectivity index (χ1) is 9.29. The summed E-state index contributed by atoms with van der Waals surface area (Å²) < 4.78 is 5.37. The molecule has 1 aliphatic heterocycles. The highest BCUT2D eigenvalue weighted by atomic mass is 32.2. The molecule has 0 spiro atoms. The van der Waals surface area contributed by atoms with E-state index in [9.17, 15) is 5.11 Å². The zero-order chi connectivity index (χ0) is 13.4. The lowest BCUT2D eigenvalue weighted by atomic mass is 10.1. The van der Waals surface area contributed by atoms with E-state index < -0.39 is 5.60 Å². The van der Waals surface area contributed by atoms with Gasteiger partial charge in [0, 0.05) is 38.1 Å². The predicted molar refractivity (Wildman–Crippen MR) is 76.5 cm³/mol. The number of rotatable bonds is 6. The third kappa shape index (κ3) is 5.46. The monoisotopic (exact) mass is 283 g/mol. The van der Waals surface area contributed by atoms with Crippen molar-refractivity contribution in [2.24, 2.45) is 0 Å². The SMILES string of the molecule is O[C@]1(CNCCSc2ccccn2)CNCCOC1. The fourth-order valence-electron chi connectivity index (χ4n) is 1.87. The van der Waals surface area contributed by atoms with Crippen LogP contribution < -0.4 is 10.6 Å². The zero-order valence-corrected chi connectivity index (χ0v) is 11.8. The fraction of sp³-hybridized carbons (Fsp3) is 0.615. The van der Waals surface area contributed by atoms with Crippen LogP contribution in [0.1, 0.15) is 0 Å². The van der Waals surface area contributed by atoms with E-state index in [0.29, 0.717) is 26.3 Å². The van der Waals surface area contributed by atoms with Crippen molar-refractivity contribution in [3.05, 3.63) is 24.4 Å². The van der Waals surface area contributed by atoms with Gasteiger partial charge in [0.2, 0.25) is 0 Å². The standard InChI is InChI=1S/C13H21N3O2S/c17-13(9-14-5-7-18-11-13)10-15-6-8-19-12-3-1-2-4-16-12/h1-4,14-15,17H,5-11H2/t13-/m0/s1. The van der Waals surface area contributed by atoms with E-state index in [4.69, 9.17) is 4.74 Å². The van der Waals surface area contributed by atoms with E-state index in [2.05, 4.69) is 15.6 Å². The van der Waals surface area contributed by atoms with Crippen molar-refractivity contribution in [1.29, 1.82) is 0 Å². The van der Waals surface area contributed by atoms with Crippen LogP contribution in [0, 0.1) is 0 Å². The van der Waals surface area contributed by atoms with E-state index >= 15 is 0 Å². The van der Waals surface area contributed by atoms with Crippen LogP contribution >= 0.6 is 11.8 Å². The summed E-state index contributed by atoms with van der Waals surface area (Å²) in [6, 6.07) is 5.90. The van der Waals surface area contributed by atoms with Crippen LogP contribution in [-0.2, 0) is 4.74 Å². The average Bonchev–Trinajstić information content (AvgIpc) is 2.65. The molecule has 0 aliphatic carbocycles. The average molecular weight is 283 g/mol. The molecule has 1 aliphatic rings. The molecular weight excluding hydrogens is 262 g/mol. The summed E-state index contributed by atoms with van der Waals surface area (Å²) in [4.78, 5) is 4.25. The largest absolute Gasteiger partial charge is 0.385 e. The lowest BCUT2D eigenvalue weighted by Gasteiger charge is -2.26. The second kappa shape index (κ2) is 7.81. The van der Waals surface area contributed by atoms with E-state index in [1.54, 1.807) is 18.0 Å². The smallest absolute Gasteiger partial charge is 0.113 e. The van der Waals surface area contributed by atoms with Crippen molar-refractivity contribution < 1.29 is 9.84 Å². The van der Waals surface area contributed by atoms with Gasteiger partial charge in [-0.15, -0.1) is 11.8 Å². The number of hydrogen-bond donors (Lipinski definition) is 3. The first kappa shape index (κ1) is 14.7. The molecule has 3 N–H and O–H groups in total. The Kier molecular flexibility index (Phi) is 6.06. The molecule has 0 bridgehead atoms. The summed E-state index contributed by atoms with van der Waals surface area (Å²) in [5.41, 5.74) is -0.799. The van der Waals surface area contributed by atoms with Crippen LogP contribution in [-0.4, -0.2) is 60.8 Å². The van der Waals surface area contributed by atoms with E-state index in [0.717, 1.165) is 23.9 Å². The minimum atomic E-state index is -0.799. The van der Waals surface area contributed by atoms with Gasteiger partial charge in [0.1, 0.15) is 5.60 Å². The molecule has 1 aromatic heterocycles. The van der Waals surface area contributed by atoms with Crippen molar-refractivity contribution in [2.45, 2.75) is 10.6 Å². The third-order valence-corrected chi connectivity index (χ3v) is 3.81. The molecule has 0 unspecified atom stereocenters. The summed E-state index contributed by atoms with van der Waals surface area (Å²) >= 11 is 1.71. The quantitative estimate of drug-likeness (QED) is 0.509. The number of aliphatic hydroxyl groups is 1. The molecule has 0 amide bonds. The Morgan fingerprint density at radius 2 is 2.47 bits per heavy atom. The highest BCUT2D eigenvalue weighted by molar-refractivity contribution is 7.99. The van der Waals surface area contributed by atoms with Crippen molar-refractivity contribution in [1.82, 2.24) is 15.6 Å². The van der Waals surface area contributed by atoms with E-state index in [-0.39, 0.29) is 0 Å². The molecule has 0 aromatic carbocycles. The molecule has 0 saturated carbocycles. The highest BCUT2D eigenvalue weighted by Crippen LogP contribution is 2.12. The number of thioether (sulfide) groups is 1. The maximum atomic E-state index is 10.3. The van der Waals surface area contributed by atoms with Crippen molar-refractivity contribution in [2.75, 3.05) is 45.1 Å². The molecule has 1 atom stereocenters. The number of aromatic nitrogens is 1. The fourth-order valence-corrected chi connectivity index (χ4v) is 2.64. The lowest BCUT2D eigenvalue weighted by Crippen LogP contribution is -2.50. The Hall–Kier alpha value is -0.660.